The number of nitrogens with zero attached hydrogens (tertiary/aromatic N) is 1. The molecule has 0 aromatic rings. The zero-order chi connectivity index (χ0) is 14.1. The van der Waals surface area contributed by atoms with Crippen LogP contribution in [-0.2, 0) is 9.59 Å². The Hall–Kier alpha value is -1.06. The van der Waals surface area contributed by atoms with Gasteiger partial charge in [0.25, 0.3) is 0 Å². The van der Waals surface area contributed by atoms with Crippen molar-refractivity contribution < 1.29 is 14.7 Å². The van der Waals surface area contributed by atoms with E-state index in [4.69, 9.17) is 0 Å². The third-order valence-corrected chi connectivity index (χ3v) is 3.52. The van der Waals surface area contributed by atoms with Crippen LogP contribution in [-0.4, -0.2) is 35.5 Å². The van der Waals surface area contributed by atoms with E-state index < -0.39 is 11.9 Å². The lowest BCUT2D eigenvalue weighted by Crippen LogP contribution is -2.40. The molecule has 3 unspecified atom stereocenters. The van der Waals surface area contributed by atoms with E-state index >= 15 is 0 Å². The topological polar surface area (TPSA) is 57.6 Å². The number of carboxylic acid groups (broad SMARTS) is 1. The Morgan fingerprint density at radius 1 is 1.22 bits per heavy atom. The maximum atomic E-state index is 12.3. The van der Waals surface area contributed by atoms with E-state index in [1.807, 2.05) is 6.92 Å². The van der Waals surface area contributed by atoms with Crippen LogP contribution < -0.4 is 0 Å². The molecule has 1 fully saturated rings. The summed E-state index contributed by atoms with van der Waals surface area (Å²) in [5, 5.41) is 9.19. The second-order valence-corrected chi connectivity index (χ2v) is 6.88. The van der Waals surface area contributed by atoms with Crippen LogP contribution in [0.25, 0.3) is 0 Å². The molecule has 0 bridgehead atoms. The van der Waals surface area contributed by atoms with Crippen molar-refractivity contribution in [3.8, 4) is 0 Å². The molecule has 1 amide bonds. The number of rotatable bonds is 3. The van der Waals surface area contributed by atoms with Crippen LogP contribution >= 0.6 is 0 Å². The fourth-order valence-corrected chi connectivity index (χ4v) is 2.91. The molecule has 1 rings (SSSR count). The summed E-state index contributed by atoms with van der Waals surface area (Å²) in [5.41, 5.74) is 0.0351. The molecule has 104 valence electrons. The van der Waals surface area contributed by atoms with E-state index in [1.54, 1.807) is 11.9 Å². The summed E-state index contributed by atoms with van der Waals surface area (Å²) < 4.78 is 0. The Kier molecular flexibility index (Phi) is 4.41. The molecule has 0 heterocycles. The normalized spacial score (nSPS) is 28.2. The molecule has 0 aliphatic heterocycles. The van der Waals surface area contributed by atoms with Gasteiger partial charge in [-0.2, -0.15) is 0 Å². The van der Waals surface area contributed by atoms with E-state index in [2.05, 4.69) is 20.8 Å². The predicted molar refractivity (Wildman–Crippen MR) is 70.1 cm³/mol. The zero-order valence-electron chi connectivity index (χ0n) is 12.1. The minimum absolute atomic E-state index is 0.0123. The van der Waals surface area contributed by atoms with E-state index in [0.717, 1.165) is 0 Å². The molecule has 0 aromatic carbocycles. The van der Waals surface area contributed by atoms with Gasteiger partial charge < -0.3 is 10.0 Å². The standard InChI is InChI=1S/C14H25NO3/c1-9-6-10(11(7-9)13(17)18)12(16)15(5)8-14(2,3)4/h9-11H,6-8H2,1-5H3,(H,17,18). The molecule has 1 saturated carbocycles. The number of carbonyl (C=O) groups is 2. The highest BCUT2D eigenvalue weighted by Gasteiger charge is 2.42. The third kappa shape index (κ3) is 3.72. The lowest BCUT2D eigenvalue weighted by Gasteiger charge is -2.29. The Bertz CT molecular complexity index is 332. The molecule has 4 heteroatoms. The second-order valence-electron chi connectivity index (χ2n) is 6.88. The van der Waals surface area contributed by atoms with Crippen LogP contribution in [0.2, 0.25) is 0 Å². The minimum atomic E-state index is -0.832. The van der Waals surface area contributed by atoms with Crippen molar-refractivity contribution in [3.05, 3.63) is 0 Å². The Morgan fingerprint density at radius 3 is 2.17 bits per heavy atom. The molecule has 0 saturated heterocycles. The van der Waals surface area contributed by atoms with E-state index in [0.29, 0.717) is 25.3 Å². The van der Waals surface area contributed by atoms with Crippen molar-refractivity contribution in [1.29, 1.82) is 0 Å². The Balaban J connectivity index is 2.73. The highest BCUT2D eigenvalue weighted by Crippen LogP contribution is 2.37. The first-order chi connectivity index (χ1) is 8.11. The first kappa shape index (κ1) is 15.0. The quantitative estimate of drug-likeness (QED) is 0.841. The fraction of sp³-hybridized carbons (Fsp3) is 0.857. The number of aliphatic carboxylic acids is 1. The first-order valence-electron chi connectivity index (χ1n) is 6.59. The van der Waals surface area contributed by atoms with Crippen molar-refractivity contribution in [2.45, 2.75) is 40.5 Å². The van der Waals surface area contributed by atoms with Gasteiger partial charge in [-0.05, 0) is 24.2 Å². The lowest BCUT2D eigenvalue weighted by atomic mass is 9.92. The minimum Gasteiger partial charge on any atom is -0.481 e. The van der Waals surface area contributed by atoms with Crippen LogP contribution in [0.15, 0.2) is 0 Å². The van der Waals surface area contributed by atoms with Gasteiger partial charge in [-0.25, -0.2) is 0 Å². The number of hydrogen-bond donors (Lipinski definition) is 1. The van der Waals surface area contributed by atoms with Crippen molar-refractivity contribution in [2.24, 2.45) is 23.2 Å². The molecule has 3 atom stereocenters. The van der Waals surface area contributed by atoms with Crippen LogP contribution in [0.4, 0.5) is 0 Å². The van der Waals surface area contributed by atoms with Gasteiger partial charge in [0.05, 0.1) is 11.8 Å². The maximum Gasteiger partial charge on any atom is 0.307 e. The number of hydrogen-bond acceptors (Lipinski definition) is 2. The van der Waals surface area contributed by atoms with E-state index in [-0.39, 0.29) is 17.2 Å². The molecule has 4 nitrogen and oxygen atoms in total. The van der Waals surface area contributed by atoms with Gasteiger partial charge in [0.1, 0.15) is 0 Å². The van der Waals surface area contributed by atoms with Gasteiger partial charge in [0.15, 0.2) is 0 Å². The fourth-order valence-electron chi connectivity index (χ4n) is 2.91. The van der Waals surface area contributed by atoms with Gasteiger partial charge in [-0.15, -0.1) is 0 Å². The predicted octanol–water partition coefficient (Wildman–Crippen LogP) is 2.24. The van der Waals surface area contributed by atoms with Crippen LogP contribution in [0.5, 0.6) is 0 Å². The molecular formula is C14H25NO3. The van der Waals surface area contributed by atoms with Crippen LogP contribution in [0.3, 0.4) is 0 Å². The van der Waals surface area contributed by atoms with Crippen molar-refractivity contribution in [3.63, 3.8) is 0 Å². The molecule has 0 radical (unpaired) electrons. The van der Waals surface area contributed by atoms with Crippen LogP contribution in [0.1, 0.15) is 40.5 Å². The highest BCUT2D eigenvalue weighted by molar-refractivity contribution is 5.85. The Morgan fingerprint density at radius 2 is 1.72 bits per heavy atom. The summed E-state index contributed by atoms with van der Waals surface area (Å²) in [6, 6.07) is 0. The van der Waals surface area contributed by atoms with Crippen molar-refractivity contribution in [1.82, 2.24) is 4.90 Å². The van der Waals surface area contributed by atoms with E-state index in [1.165, 1.54) is 0 Å². The summed E-state index contributed by atoms with van der Waals surface area (Å²) in [7, 11) is 1.77. The summed E-state index contributed by atoms with van der Waals surface area (Å²) >= 11 is 0. The molecule has 18 heavy (non-hydrogen) atoms. The summed E-state index contributed by atoms with van der Waals surface area (Å²) in [6.45, 7) is 8.89. The maximum absolute atomic E-state index is 12.3. The molecule has 0 aromatic heterocycles. The van der Waals surface area contributed by atoms with E-state index in [9.17, 15) is 14.7 Å². The summed E-state index contributed by atoms with van der Waals surface area (Å²) in [5.74, 6) is -1.37. The number of carbonyl (C=O) groups excluding carboxylic acids is 1. The third-order valence-electron chi connectivity index (χ3n) is 3.52. The van der Waals surface area contributed by atoms with Gasteiger partial charge >= 0.3 is 5.97 Å². The van der Waals surface area contributed by atoms with Gasteiger partial charge in [0.2, 0.25) is 5.91 Å². The number of amides is 1. The van der Waals surface area contributed by atoms with Crippen molar-refractivity contribution >= 4 is 11.9 Å². The molecular weight excluding hydrogens is 230 g/mol. The summed E-state index contributed by atoms with van der Waals surface area (Å²) in [6.07, 6.45) is 1.32. The first-order valence-corrected chi connectivity index (χ1v) is 6.59. The molecule has 1 N–H and O–H groups in total. The van der Waals surface area contributed by atoms with Gasteiger partial charge in [-0.3, -0.25) is 9.59 Å². The SMILES string of the molecule is CC1CC(C(=O)O)C(C(=O)N(C)CC(C)(C)C)C1. The zero-order valence-corrected chi connectivity index (χ0v) is 12.1. The molecule has 1 aliphatic carbocycles. The monoisotopic (exact) mass is 255 g/mol. The number of carboxylic acids is 1. The smallest absolute Gasteiger partial charge is 0.307 e. The summed E-state index contributed by atoms with van der Waals surface area (Å²) in [4.78, 5) is 25.2. The second kappa shape index (κ2) is 5.29. The van der Waals surface area contributed by atoms with Gasteiger partial charge in [-0.1, -0.05) is 27.7 Å². The molecule has 0 spiro atoms. The largest absolute Gasteiger partial charge is 0.481 e. The lowest BCUT2D eigenvalue weighted by molar-refractivity contribution is -0.149. The average molecular weight is 255 g/mol. The average Bonchev–Trinajstić information content (AvgIpc) is 2.56. The highest BCUT2D eigenvalue weighted by atomic mass is 16.4. The van der Waals surface area contributed by atoms with Crippen molar-refractivity contribution in [2.75, 3.05) is 13.6 Å². The molecule has 1 aliphatic rings. The van der Waals surface area contributed by atoms with Crippen LogP contribution in [0, 0.1) is 23.2 Å². The van der Waals surface area contributed by atoms with Gasteiger partial charge in [0, 0.05) is 13.6 Å². The Labute approximate surface area is 109 Å².